The minimum atomic E-state index is -3.60. The van der Waals surface area contributed by atoms with Crippen LogP contribution >= 0.6 is 23.4 Å². The smallest absolute Gasteiger partial charge is 0.236 e. The zero-order valence-corrected chi connectivity index (χ0v) is 14.5. The van der Waals surface area contributed by atoms with Gasteiger partial charge >= 0.3 is 0 Å². The molecule has 0 saturated carbocycles. The van der Waals surface area contributed by atoms with Crippen molar-refractivity contribution >= 4 is 44.8 Å². The second-order valence-corrected chi connectivity index (χ2v) is 9.02. The molecular formula is C16H15ClFNO2S2. The van der Waals surface area contributed by atoms with E-state index in [4.69, 9.17) is 11.6 Å². The number of thioether (sulfide) groups is 1. The molecule has 0 fully saturated rings. The lowest BCUT2D eigenvalue weighted by Crippen LogP contribution is -2.37. The molecule has 0 bridgehead atoms. The molecule has 122 valence electrons. The summed E-state index contributed by atoms with van der Waals surface area (Å²) in [5.74, 6) is 0.0228. The third kappa shape index (κ3) is 3.20. The van der Waals surface area contributed by atoms with E-state index >= 15 is 0 Å². The van der Waals surface area contributed by atoms with Crippen LogP contribution in [0, 0.1) is 5.82 Å². The Morgan fingerprint density at radius 1 is 1.13 bits per heavy atom. The Bertz CT molecular complexity index is 796. The van der Waals surface area contributed by atoms with E-state index in [0.29, 0.717) is 30.1 Å². The van der Waals surface area contributed by atoms with Gasteiger partial charge in [0.05, 0.1) is 11.4 Å². The van der Waals surface area contributed by atoms with Gasteiger partial charge in [-0.1, -0.05) is 12.1 Å². The summed E-state index contributed by atoms with van der Waals surface area (Å²) in [5.41, 5.74) is 1.04. The lowest BCUT2D eigenvalue weighted by molar-refractivity contribution is 0.588. The first kappa shape index (κ1) is 16.6. The largest absolute Gasteiger partial charge is 0.252 e. The monoisotopic (exact) mass is 371 g/mol. The van der Waals surface area contributed by atoms with E-state index in [-0.39, 0.29) is 0 Å². The molecule has 7 heteroatoms. The Hall–Kier alpha value is -1.24. The molecule has 1 heterocycles. The number of fused-ring (bicyclic) bond motifs is 1. The van der Waals surface area contributed by atoms with Crippen molar-refractivity contribution in [1.82, 2.24) is 0 Å². The summed E-state index contributed by atoms with van der Waals surface area (Å²) in [4.78, 5) is 0.895. The zero-order chi connectivity index (χ0) is 16.4. The van der Waals surface area contributed by atoms with Crippen LogP contribution in [0.25, 0.3) is 0 Å². The summed E-state index contributed by atoms with van der Waals surface area (Å²) in [6.07, 6.45) is 1.10. The topological polar surface area (TPSA) is 37.4 Å². The molecule has 1 unspecified atom stereocenters. The minimum Gasteiger partial charge on any atom is -0.236 e. The van der Waals surface area contributed by atoms with Crippen molar-refractivity contribution in [3.05, 3.63) is 54.3 Å². The highest BCUT2D eigenvalue weighted by molar-refractivity contribution is 8.14. The predicted molar refractivity (Wildman–Crippen MR) is 93.5 cm³/mol. The van der Waals surface area contributed by atoms with Crippen LogP contribution in [0.2, 0.25) is 0 Å². The number of benzene rings is 2. The van der Waals surface area contributed by atoms with E-state index in [9.17, 15) is 12.8 Å². The number of alkyl halides is 1. The fourth-order valence-corrected chi connectivity index (χ4v) is 6.32. The molecule has 0 aliphatic carbocycles. The van der Waals surface area contributed by atoms with E-state index in [1.54, 1.807) is 12.1 Å². The Kier molecular flexibility index (Phi) is 4.85. The average molecular weight is 372 g/mol. The fraction of sp³-hybridized carbons (Fsp3) is 0.250. The van der Waals surface area contributed by atoms with Crippen LogP contribution in [0.5, 0.6) is 0 Å². The van der Waals surface area contributed by atoms with Crippen molar-refractivity contribution < 1.29 is 12.8 Å². The summed E-state index contributed by atoms with van der Waals surface area (Å²) in [5, 5.41) is 0. The molecule has 1 atom stereocenters. The second-order valence-electron chi connectivity index (χ2n) is 5.13. The third-order valence-electron chi connectivity index (χ3n) is 3.56. The van der Waals surface area contributed by atoms with Gasteiger partial charge in [-0.2, -0.15) is 0 Å². The Morgan fingerprint density at radius 2 is 1.83 bits per heavy atom. The number of anilines is 2. The molecule has 0 aromatic heterocycles. The van der Waals surface area contributed by atoms with Crippen LogP contribution in [0.3, 0.4) is 0 Å². The van der Waals surface area contributed by atoms with E-state index in [2.05, 4.69) is 0 Å². The maximum Gasteiger partial charge on any atom is 0.252 e. The molecular weight excluding hydrogens is 357 g/mol. The summed E-state index contributed by atoms with van der Waals surface area (Å²) < 4.78 is 40.0. The van der Waals surface area contributed by atoms with Gasteiger partial charge in [0.25, 0.3) is 10.0 Å². The minimum absolute atomic E-state index is 0.399. The highest BCUT2D eigenvalue weighted by Crippen LogP contribution is 2.47. The number of halogens is 2. The maximum atomic E-state index is 13.2. The molecule has 1 aliphatic heterocycles. The van der Waals surface area contributed by atoms with Crippen LogP contribution in [0.4, 0.5) is 15.8 Å². The van der Waals surface area contributed by atoms with Crippen molar-refractivity contribution in [2.45, 2.75) is 22.3 Å². The van der Waals surface area contributed by atoms with Gasteiger partial charge in [-0.25, -0.2) is 17.1 Å². The fourth-order valence-electron chi connectivity index (χ4n) is 2.50. The molecule has 2 aromatic carbocycles. The van der Waals surface area contributed by atoms with Crippen molar-refractivity contribution in [2.24, 2.45) is 0 Å². The van der Waals surface area contributed by atoms with E-state index in [1.165, 1.54) is 40.3 Å². The van der Waals surface area contributed by atoms with Crippen LogP contribution in [-0.4, -0.2) is 18.9 Å². The molecule has 2 aromatic rings. The Morgan fingerprint density at radius 3 is 2.52 bits per heavy atom. The van der Waals surface area contributed by atoms with Gasteiger partial charge in [0.1, 0.15) is 10.4 Å². The van der Waals surface area contributed by atoms with Crippen LogP contribution in [0.1, 0.15) is 12.8 Å². The summed E-state index contributed by atoms with van der Waals surface area (Å²) >= 11 is 7.07. The van der Waals surface area contributed by atoms with Crippen molar-refractivity contribution in [3.8, 4) is 0 Å². The summed E-state index contributed by atoms with van der Waals surface area (Å²) in [6.45, 7) is 0. The number of sulfonamides is 1. The van der Waals surface area contributed by atoms with E-state index in [1.807, 2.05) is 12.1 Å². The Balaban J connectivity index is 2.11. The summed E-state index contributed by atoms with van der Waals surface area (Å²) in [7, 11) is -3.60. The van der Waals surface area contributed by atoms with Gasteiger partial charge in [0.15, 0.2) is 0 Å². The first-order valence-corrected chi connectivity index (χ1v) is 10.1. The van der Waals surface area contributed by atoms with Crippen LogP contribution < -0.4 is 4.31 Å². The number of para-hydroxylation sites is 1. The molecule has 23 heavy (non-hydrogen) atoms. The van der Waals surface area contributed by atoms with Crippen molar-refractivity contribution in [3.63, 3.8) is 0 Å². The molecule has 3 nitrogen and oxygen atoms in total. The lowest BCUT2D eigenvalue weighted by atomic mass is 10.2. The zero-order valence-electron chi connectivity index (χ0n) is 12.2. The first-order chi connectivity index (χ1) is 11.0. The van der Waals surface area contributed by atoms with Gasteiger partial charge in [-0.05, 0) is 49.2 Å². The maximum absolute atomic E-state index is 13.2. The molecule has 0 amide bonds. The molecule has 1 aliphatic rings. The highest BCUT2D eigenvalue weighted by Gasteiger charge is 2.39. The number of nitrogens with zero attached hydrogens (tertiary/aromatic N) is 1. The van der Waals surface area contributed by atoms with Gasteiger partial charge in [0.2, 0.25) is 0 Å². The van der Waals surface area contributed by atoms with Gasteiger partial charge in [-0.3, -0.25) is 0 Å². The molecule has 0 saturated heterocycles. The number of hydrogen-bond acceptors (Lipinski definition) is 3. The van der Waals surface area contributed by atoms with E-state index in [0.717, 1.165) is 4.90 Å². The van der Waals surface area contributed by atoms with Gasteiger partial charge in [0, 0.05) is 10.8 Å². The lowest BCUT2D eigenvalue weighted by Gasteiger charge is -2.35. The van der Waals surface area contributed by atoms with E-state index < -0.39 is 20.4 Å². The number of hydrogen-bond donors (Lipinski definition) is 0. The third-order valence-corrected chi connectivity index (χ3v) is 7.76. The van der Waals surface area contributed by atoms with Crippen LogP contribution in [-0.2, 0) is 10.0 Å². The van der Waals surface area contributed by atoms with Crippen molar-refractivity contribution in [1.29, 1.82) is 0 Å². The average Bonchev–Trinajstić information content (AvgIpc) is 2.54. The predicted octanol–water partition coefficient (Wildman–Crippen LogP) is 4.74. The molecule has 0 N–H and O–H groups in total. The van der Waals surface area contributed by atoms with Gasteiger partial charge < -0.3 is 0 Å². The molecule has 3 rings (SSSR count). The van der Waals surface area contributed by atoms with Crippen molar-refractivity contribution in [2.75, 3.05) is 10.2 Å². The van der Waals surface area contributed by atoms with Crippen LogP contribution in [0.15, 0.2) is 53.4 Å². The SMILES string of the molecule is O=S1(=O)C(CCCCl)Sc2ccccc2N1c1ccc(F)cc1. The quantitative estimate of drug-likeness (QED) is 0.728. The molecule has 0 radical (unpaired) electrons. The Labute approximate surface area is 144 Å². The standard InChI is InChI=1S/C16H15ClFNO2S2/c17-11-3-6-16-22-15-5-2-1-4-14(15)19(23(16,20)21)13-9-7-12(18)8-10-13/h1-2,4-5,7-10,16H,3,6,11H2. The molecule has 0 spiro atoms. The number of rotatable bonds is 4. The second kappa shape index (κ2) is 6.71. The highest BCUT2D eigenvalue weighted by atomic mass is 35.5. The summed E-state index contributed by atoms with van der Waals surface area (Å²) in [6, 6.07) is 12.8. The van der Waals surface area contributed by atoms with Gasteiger partial charge in [-0.15, -0.1) is 23.4 Å². The first-order valence-electron chi connectivity index (χ1n) is 7.15. The normalized spacial score (nSPS) is 19.4.